The molecule has 0 bridgehead atoms. The molecule has 8 heteroatoms. The number of halogens is 1. The molecule has 2 saturated heterocycles. The number of amides is 1. The summed E-state index contributed by atoms with van der Waals surface area (Å²) in [4.78, 5) is 24.6. The first-order valence-electron chi connectivity index (χ1n) is 11.1. The molecule has 6 nitrogen and oxygen atoms in total. The van der Waals surface area contributed by atoms with Crippen LogP contribution in [0.15, 0.2) is 42.5 Å². The van der Waals surface area contributed by atoms with Gasteiger partial charge in [0.25, 0.3) is 0 Å². The lowest BCUT2D eigenvalue weighted by Crippen LogP contribution is -2.51. The van der Waals surface area contributed by atoms with E-state index in [0.29, 0.717) is 5.91 Å². The van der Waals surface area contributed by atoms with Crippen LogP contribution in [0.1, 0.15) is 12.8 Å². The first kappa shape index (κ1) is 21.3. The number of nitrogens with zero attached hydrogens (tertiary/aromatic N) is 4. The Kier molecular flexibility index (Phi) is 6.11. The number of carbonyl (C=O) groups is 1. The van der Waals surface area contributed by atoms with E-state index in [1.807, 2.05) is 47.4 Å². The molecule has 168 valence electrons. The summed E-state index contributed by atoms with van der Waals surface area (Å²) in [6, 6.07) is 13.9. The lowest BCUT2D eigenvalue weighted by Gasteiger charge is -2.39. The van der Waals surface area contributed by atoms with E-state index < -0.39 is 0 Å². The van der Waals surface area contributed by atoms with Crippen LogP contribution < -0.4 is 14.5 Å². The Morgan fingerprint density at radius 2 is 1.78 bits per heavy atom. The quantitative estimate of drug-likeness (QED) is 0.561. The molecule has 2 fully saturated rings. The Labute approximate surface area is 197 Å². The second-order valence-electron chi connectivity index (χ2n) is 8.36. The number of para-hydroxylation sites is 1. The number of carbonyl (C=O) groups excluding carboxylic acids is 1. The van der Waals surface area contributed by atoms with Crippen LogP contribution in [0.25, 0.3) is 10.2 Å². The third kappa shape index (κ3) is 4.24. The molecule has 0 radical (unpaired) electrons. The first-order chi connectivity index (χ1) is 15.6. The van der Waals surface area contributed by atoms with Crippen LogP contribution in [0.3, 0.4) is 0 Å². The SMILES string of the molecule is COc1ccc2nc(N3CCC(C(=O)N4CCN(c5ccccc5Cl)CC4)CC3)sc2c1. The van der Waals surface area contributed by atoms with Crippen molar-refractivity contribution in [3.63, 3.8) is 0 Å². The molecule has 0 aliphatic carbocycles. The normalized spacial score (nSPS) is 17.8. The minimum absolute atomic E-state index is 0.104. The van der Waals surface area contributed by atoms with E-state index in [-0.39, 0.29) is 5.92 Å². The number of thiazole rings is 1. The number of piperidine rings is 1. The highest BCUT2D eigenvalue weighted by Crippen LogP contribution is 2.34. The zero-order chi connectivity index (χ0) is 22.1. The van der Waals surface area contributed by atoms with Gasteiger partial charge in [0, 0.05) is 45.2 Å². The van der Waals surface area contributed by atoms with E-state index in [1.54, 1.807) is 18.4 Å². The number of anilines is 2. The predicted octanol–water partition coefficient (Wildman–Crippen LogP) is 4.52. The predicted molar refractivity (Wildman–Crippen MR) is 131 cm³/mol. The molecule has 3 aromatic rings. The number of hydrogen-bond acceptors (Lipinski definition) is 6. The fraction of sp³-hybridized carbons (Fsp3) is 0.417. The van der Waals surface area contributed by atoms with Crippen LogP contribution in [0.2, 0.25) is 5.02 Å². The van der Waals surface area contributed by atoms with E-state index in [0.717, 1.165) is 83.9 Å². The fourth-order valence-electron chi connectivity index (χ4n) is 4.61. The second-order valence-corrected chi connectivity index (χ2v) is 9.77. The van der Waals surface area contributed by atoms with Gasteiger partial charge in [-0.25, -0.2) is 4.98 Å². The summed E-state index contributed by atoms with van der Waals surface area (Å²) < 4.78 is 6.46. The van der Waals surface area contributed by atoms with Gasteiger partial charge in [0.2, 0.25) is 5.91 Å². The van der Waals surface area contributed by atoms with Crippen molar-refractivity contribution < 1.29 is 9.53 Å². The van der Waals surface area contributed by atoms with E-state index >= 15 is 0 Å². The van der Waals surface area contributed by atoms with E-state index in [9.17, 15) is 4.79 Å². The highest BCUT2D eigenvalue weighted by atomic mass is 35.5. The van der Waals surface area contributed by atoms with Crippen molar-refractivity contribution in [2.75, 3.05) is 56.2 Å². The van der Waals surface area contributed by atoms with Crippen LogP contribution in [0, 0.1) is 5.92 Å². The van der Waals surface area contributed by atoms with Crippen molar-refractivity contribution in [3.05, 3.63) is 47.5 Å². The zero-order valence-corrected chi connectivity index (χ0v) is 19.7. The highest BCUT2D eigenvalue weighted by Gasteiger charge is 2.31. The van der Waals surface area contributed by atoms with Crippen molar-refractivity contribution in [3.8, 4) is 5.75 Å². The maximum absolute atomic E-state index is 13.2. The molecule has 2 aromatic carbocycles. The van der Waals surface area contributed by atoms with Crippen molar-refractivity contribution >= 4 is 49.9 Å². The van der Waals surface area contributed by atoms with Gasteiger partial charge in [0.1, 0.15) is 5.75 Å². The van der Waals surface area contributed by atoms with Gasteiger partial charge < -0.3 is 19.4 Å². The third-order valence-electron chi connectivity index (χ3n) is 6.48. The van der Waals surface area contributed by atoms with Crippen molar-refractivity contribution in [2.45, 2.75) is 12.8 Å². The van der Waals surface area contributed by atoms with E-state index in [4.69, 9.17) is 21.3 Å². The molecule has 0 atom stereocenters. The number of hydrogen-bond donors (Lipinski definition) is 0. The van der Waals surface area contributed by atoms with E-state index in [2.05, 4.69) is 9.80 Å². The van der Waals surface area contributed by atoms with Gasteiger partial charge in [0.15, 0.2) is 5.13 Å². The lowest BCUT2D eigenvalue weighted by molar-refractivity contribution is -0.136. The van der Waals surface area contributed by atoms with Crippen molar-refractivity contribution in [2.24, 2.45) is 5.92 Å². The number of benzene rings is 2. The second kappa shape index (κ2) is 9.16. The molecule has 1 aromatic heterocycles. The number of aromatic nitrogens is 1. The smallest absolute Gasteiger partial charge is 0.225 e. The Balaban J connectivity index is 1.16. The van der Waals surface area contributed by atoms with Gasteiger partial charge in [-0.2, -0.15) is 0 Å². The number of methoxy groups -OCH3 is 1. The molecule has 2 aliphatic rings. The van der Waals surface area contributed by atoms with Crippen LogP contribution in [-0.4, -0.2) is 62.2 Å². The summed E-state index contributed by atoms with van der Waals surface area (Å²) in [7, 11) is 1.68. The van der Waals surface area contributed by atoms with Crippen molar-refractivity contribution in [1.82, 2.24) is 9.88 Å². The summed E-state index contributed by atoms with van der Waals surface area (Å²) in [5, 5.41) is 1.81. The fourth-order valence-corrected chi connectivity index (χ4v) is 5.91. The number of rotatable bonds is 4. The first-order valence-corrected chi connectivity index (χ1v) is 12.3. The monoisotopic (exact) mass is 470 g/mol. The Morgan fingerprint density at radius 1 is 1.03 bits per heavy atom. The largest absolute Gasteiger partial charge is 0.497 e. The van der Waals surface area contributed by atoms with Gasteiger partial charge in [0.05, 0.1) is 28.0 Å². The molecule has 0 saturated carbocycles. The molecule has 32 heavy (non-hydrogen) atoms. The minimum Gasteiger partial charge on any atom is -0.497 e. The van der Waals surface area contributed by atoms with Gasteiger partial charge in [-0.15, -0.1) is 0 Å². The summed E-state index contributed by atoms with van der Waals surface area (Å²) >= 11 is 8.04. The molecule has 1 amide bonds. The molecule has 3 heterocycles. The summed E-state index contributed by atoms with van der Waals surface area (Å²) in [6.07, 6.45) is 1.76. The topological polar surface area (TPSA) is 48.9 Å². The Morgan fingerprint density at radius 3 is 2.50 bits per heavy atom. The molecule has 2 aliphatic heterocycles. The average Bonchev–Trinajstić information content (AvgIpc) is 3.27. The van der Waals surface area contributed by atoms with Gasteiger partial charge in [-0.3, -0.25) is 4.79 Å². The number of ether oxygens (including phenoxy) is 1. The molecule has 5 rings (SSSR count). The van der Waals surface area contributed by atoms with Crippen LogP contribution in [-0.2, 0) is 4.79 Å². The third-order valence-corrected chi connectivity index (χ3v) is 7.88. The molecule has 0 unspecified atom stereocenters. The van der Waals surface area contributed by atoms with Crippen LogP contribution in [0.4, 0.5) is 10.8 Å². The summed E-state index contributed by atoms with van der Waals surface area (Å²) in [6.45, 7) is 4.89. The van der Waals surface area contributed by atoms with Crippen LogP contribution >= 0.6 is 22.9 Å². The maximum atomic E-state index is 13.2. The standard InChI is InChI=1S/C24H27ClN4O2S/c1-31-18-6-7-20-22(16-18)32-24(26-20)29-10-8-17(9-11-29)23(30)28-14-12-27(13-15-28)21-5-3-2-4-19(21)25/h2-7,16-17H,8-15H2,1H3. The maximum Gasteiger partial charge on any atom is 0.225 e. The summed E-state index contributed by atoms with van der Waals surface area (Å²) in [5.41, 5.74) is 2.06. The van der Waals surface area contributed by atoms with Gasteiger partial charge >= 0.3 is 0 Å². The highest BCUT2D eigenvalue weighted by molar-refractivity contribution is 7.22. The molecular weight excluding hydrogens is 444 g/mol. The molecule has 0 N–H and O–H groups in total. The Bertz CT molecular complexity index is 1100. The molecular formula is C24H27ClN4O2S. The number of piperazine rings is 1. The van der Waals surface area contributed by atoms with Crippen LogP contribution in [0.5, 0.6) is 5.75 Å². The average molecular weight is 471 g/mol. The van der Waals surface area contributed by atoms with Gasteiger partial charge in [-0.1, -0.05) is 35.1 Å². The Hall–Kier alpha value is -2.51. The zero-order valence-electron chi connectivity index (χ0n) is 18.2. The number of fused-ring (bicyclic) bond motifs is 1. The van der Waals surface area contributed by atoms with Crippen molar-refractivity contribution in [1.29, 1.82) is 0 Å². The summed E-state index contributed by atoms with van der Waals surface area (Å²) in [5.74, 6) is 1.26. The minimum atomic E-state index is 0.104. The lowest BCUT2D eigenvalue weighted by atomic mass is 9.95. The molecule has 0 spiro atoms. The van der Waals surface area contributed by atoms with Gasteiger partial charge in [-0.05, 0) is 43.2 Å². The van der Waals surface area contributed by atoms with E-state index in [1.165, 1.54) is 0 Å².